The Morgan fingerprint density at radius 1 is 1.00 bits per heavy atom. The standard InChI is InChI=1S/C21H28ClNO3S/c1-18(14-17-24)13-16-23(15-5-8-19-6-3-2-4-7-19)27(25,26)21-11-9-20(22)10-12-21/h2-4,6-7,9-12,18,24H,5,8,13-17H2,1H3/t18-/m1/s1. The Morgan fingerprint density at radius 2 is 1.67 bits per heavy atom. The molecule has 4 nitrogen and oxygen atoms in total. The summed E-state index contributed by atoms with van der Waals surface area (Å²) in [6.07, 6.45) is 2.99. The number of aliphatic hydroxyl groups excluding tert-OH is 1. The molecule has 0 unspecified atom stereocenters. The van der Waals surface area contributed by atoms with Crippen molar-refractivity contribution in [2.24, 2.45) is 5.92 Å². The van der Waals surface area contributed by atoms with Crippen LogP contribution in [-0.2, 0) is 16.4 Å². The molecule has 27 heavy (non-hydrogen) atoms. The Bertz CT molecular complexity index is 779. The van der Waals surface area contributed by atoms with Crippen molar-refractivity contribution in [3.63, 3.8) is 0 Å². The molecule has 1 atom stereocenters. The minimum absolute atomic E-state index is 0.124. The van der Waals surface area contributed by atoms with Crippen LogP contribution < -0.4 is 0 Å². The first-order valence-corrected chi connectivity index (χ1v) is 11.2. The third-order valence-electron chi connectivity index (χ3n) is 4.66. The molecule has 148 valence electrons. The largest absolute Gasteiger partial charge is 0.396 e. The summed E-state index contributed by atoms with van der Waals surface area (Å²) < 4.78 is 27.7. The molecule has 0 spiro atoms. The third-order valence-corrected chi connectivity index (χ3v) is 6.83. The van der Waals surface area contributed by atoms with Crippen LogP contribution in [0.15, 0.2) is 59.5 Å². The van der Waals surface area contributed by atoms with Crippen LogP contribution in [0.5, 0.6) is 0 Å². The number of aryl methyl sites for hydroxylation is 1. The molecular formula is C21H28ClNO3S. The zero-order valence-corrected chi connectivity index (χ0v) is 17.3. The quantitative estimate of drug-likeness (QED) is 0.599. The predicted octanol–water partition coefficient (Wildman–Crippen LogP) is 4.37. The molecule has 0 aromatic heterocycles. The van der Waals surface area contributed by atoms with Gasteiger partial charge in [-0.05, 0) is 61.4 Å². The molecule has 6 heteroatoms. The summed E-state index contributed by atoms with van der Waals surface area (Å²) in [5.74, 6) is 0.270. The van der Waals surface area contributed by atoms with E-state index in [4.69, 9.17) is 16.7 Å². The van der Waals surface area contributed by atoms with Gasteiger partial charge in [0.05, 0.1) is 4.90 Å². The van der Waals surface area contributed by atoms with Crippen LogP contribution in [0.3, 0.4) is 0 Å². The molecule has 0 heterocycles. The lowest BCUT2D eigenvalue weighted by Gasteiger charge is -2.24. The molecule has 0 radical (unpaired) electrons. The smallest absolute Gasteiger partial charge is 0.243 e. The van der Waals surface area contributed by atoms with E-state index in [1.807, 2.05) is 25.1 Å². The maximum absolute atomic E-state index is 13.1. The van der Waals surface area contributed by atoms with Gasteiger partial charge >= 0.3 is 0 Å². The average Bonchev–Trinajstić information content (AvgIpc) is 2.65. The van der Waals surface area contributed by atoms with Gasteiger partial charge in [0, 0.05) is 24.7 Å². The van der Waals surface area contributed by atoms with Gasteiger partial charge in [0.2, 0.25) is 10.0 Å². The average molecular weight is 410 g/mol. The van der Waals surface area contributed by atoms with E-state index in [0.717, 1.165) is 19.3 Å². The Labute approximate surface area is 167 Å². The minimum Gasteiger partial charge on any atom is -0.396 e. The highest BCUT2D eigenvalue weighted by Crippen LogP contribution is 2.21. The summed E-state index contributed by atoms with van der Waals surface area (Å²) in [7, 11) is -3.57. The molecule has 0 aliphatic rings. The van der Waals surface area contributed by atoms with Crippen molar-refractivity contribution >= 4 is 21.6 Å². The van der Waals surface area contributed by atoms with Gasteiger partial charge in [-0.25, -0.2) is 8.42 Å². The normalized spacial score (nSPS) is 13.0. The van der Waals surface area contributed by atoms with E-state index < -0.39 is 10.0 Å². The summed E-state index contributed by atoms with van der Waals surface area (Å²) in [5.41, 5.74) is 1.20. The monoisotopic (exact) mass is 409 g/mol. The van der Waals surface area contributed by atoms with Crippen molar-refractivity contribution in [3.8, 4) is 0 Å². The lowest BCUT2D eigenvalue weighted by atomic mass is 10.0. The van der Waals surface area contributed by atoms with Crippen LogP contribution in [0.1, 0.15) is 31.7 Å². The molecule has 1 N–H and O–H groups in total. The Hall–Kier alpha value is -1.40. The summed E-state index contributed by atoms with van der Waals surface area (Å²) in [5, 5.41) is 9.60. The van der Waals surface area contributed by atoms with Crippen LogP contribution in [0.4, 0.5) is 0 Å². The molecule has 2 rings (SSSR count). The first-order valence-electron chi connectivity index (χ1n) is 9.34. The summed E-state index contributed by atoms with van der Waals surface area (Å²) in [4.78, 5) is 0.265. The minimum atomic E-state index is -3.57. The third kappa shape index (κ3) is 6.92. The maximum atomic E-state index is 13.1. The lowest BCUT2D eigenvalue weighted by Crippen LogP contribution is -2.34. The molecule has 0 aliphatic carbocycles. The van der Waals surface area contributed by atoms with Crippen LogP contribution in [0.25, 0.3) is 0 Å². The number of aliphatic hydroxyl groups is 1. The van der Waals surface area contributed by atoms with Gasteiger partial charge in [-0.1, -0.05) is 48.9 Å². The van der Waals surface area contributed by atoms with E-state index in [9.17, 15) is 8.42 Å². The molecular weight excluding hydrogens is 382 g/mol. The first-order chi connectivity index (χ1) is 12.9. The number of nitrogens with zero attached hydrogens (tertiary/aromatic N) is 1. The Kier molecular flexibility index (Phi) is 8.77. The summed E-state index contributed by atoms with van der Waals surface area (Å²) >= 11 is 5.90. The van der Waals surface area contributed by atoms with E-state index in [-0.39, 0.29) is 17.4 Å². The number of sulfonamides is 1. The van der Waals surface area contributed by atoms with Crippen molar-refractivity contribution in [2.45, 2.75) is 37.5 Å². The van der Waals surface area contributed by atoms with Crippen molar-refractivity contribution in [1.29, 1.82) is 0 Å². The fourth-order valence-electron chi connectivity index (χ4n) is 2.94. The van der Waals surface area contributed by atoms with Gasteiger partial charge in [0.15, 0.2) is 0 Å². The van der Waals surface area contributed by atoms with E-state index >= 15 is 0 Å². The number of rotatable bonds is 11. The van der Waals surface area contributed by atoms with Crippen LogP contribution in [-0.4, -0.2) is 37.5 Å². The summed E-state index contributed by atoms with van der Waals surface area (Å²) in [6.45, 7) is 3.07. The highest BCUT2D eigenvalue weighted by Gasteiger charge is 2.24. The molecule has 0 fully saturated rings. The molecule has 0 aliphatic heterocycles. The number of benzene rings is 2. The van der Waals surface area contributed by atoms with Gasteiger partial charge in [0.25, 0.3) is 0 Å². The zero-order chi connectivity index (χ0) is 19.7. The van der Waals surface area contributed by atoms with Crippen LogP contribution >= 0.6 is 11.6 Å². The fourth-order valence-corrected chi connectivity index (χ4v) is 4.56. The highest BCUT2D eigenvalue weighted by molar-refractivity contribution is 7.89. The number of hydrogen-bond acceptors (Lipinski definition) is 3. The van der Waals surface area contributed by atoms with E-state index in [1.54, 1.807) is 28.6 Å². The second-order valence-corrected chi connectivity index (χ2v) is 9.23. The Morgan fingerprint density at radius 3 is 2.30 bits per heavy atom. The van der Waals surface area contributed by atoms with Gasteiger partial charge in [-0.15, -0.1) is 0 Å². The maximum Gasteiger partial charge on any atom is 0.243 e. The number of halogens is 1. The second kappa shape index (κ2) is 10.8. The highest BCUT2D eigenvalue weighted by atomic mass is 35.5. The van der Waals surface area contributed by atoms with E-state index in [0.29, 0.717) is 24.5 Å². The topological polar surface area (TPSA) is 57.6 Å². The molecule has 2 aromatic rings. The number of hydrogen-bond donors (Lipinski definition) is 1. The molecule has 0 saturated carbocycles. The van der Waals surface area contributed by atoms with Crippen molar-refractivity contribution in [3.05, 3.63) is 65.2 Å². The van der Waals surface area contributed by atoms with E-state index in [1.165, 1.54) is 5.56 Å². The van der Waals surface area contributed by atoms with Crippen molar-refractivity contribution < 1.29 is 13.5 Å². The molecule has 0 saturated heterocycles. The first kappa shape index (κ1) is 21.9. The lowest BCUT2D eigenvalue weighted by molar-refractivity contribution is 0.252. The SMILES string of the molecule is C[C@@H](CCO)CCN(CCCc1ccccc1)S(=O)(=O)c1ccc(Cl)cc1. The zero-order valence-electron chi connectivity index (χ0n) is 15.7. The molecule has 0 bridgehead atoms. The Balaban J connectivity index is 2.08. The van der Waals surface area contributed by atoms with E-state index in [2.05, 4.69) is 12.1 Å². The second-order valence-electron chi connectivity index (χ2n) is 6.85. The fraction of sp³-hybridized carbons (Fsp3) is 0.429. The van der Waals surface area contributed by atoms with Gasteiger partial charge in [-0.3, -0.25) is 0 Å². The van der Waals surface area contributed by atoms with Crippen LogP contribution in [0.2, 0.25) is 5.02 Å². The van der Waals surface area contributed by atoms with Gasteiger partial charge in [0.1, 0.15) is 0 Å². The molecule has 0 amide bonds. The molecule has 2 aromatic carbocycles. The van der Waals surface area contributed by atoms with Gasteiger partial charge in [-0.2, -0.15) is 4.31 Å². The predicted molar refractivity (Wildman–Crippen MR) is 110 cm³/mol. The van der Waals surface area contributed by atoms with Crippen molar-refractivity contribution in [1.82, 2.24) is 4.31 Å². The van der Waals surface area contributed by atoms with Crippen LogP contribution in [0, 0.1) is 5.92 Å². The van der Waals surface area contributed by atoms with Crippen molar-refractivity contribution in [2.75, 3.05) is 19.7 Å². The summed E-state index contributed by atoms with van der Waals surface area (Å²) in [6, 6.07) is 16.4. The van der Waals surface area contributed by atoms with Gasteiger partial charge < -0.3 is 5.11 Å².